The molecule has 0 radical (unpaired) electrons. The number of unbranched alkanes of at least 4 members (excludes halogenated alkanes) is 1. The van der Waals surface area contributed by atoms with Gasteiger partial charge in [0.25, 0.3) is 0 Å². The molecule has 0 fully saturated rings. The molecule has 2 heteroatoms. The summed E-state index contributed by atoms with van der Waals surface area (Å²) in [6.07, 6.45) is 3.34. The van der Waals surface area contributed by atoms with Gasteiger partial charge in [-0.1, -0.05) is 68.3 Å². The minimum atomic E-state index is 0.182. The Labute approximate surface area is 127 Å². The summed E-state index contributed by atoms with van der Waals surface area (Å²) in [5, 5.41) is 13.8. The number of phenols is 1. The zero-order valence-electron chi connectivity index (χ0n) is 12.9. The molecule has 2 nitrogen and oxygen atoms in total. The second-order valence-corrected chi connectivity index (χ2v) is 5.55. The number of nitrogens with one attached hydrogen (secondary N) is 1. The summed E-state index contributed by atoms with van der Waals surface area (Å²) in [4.78, 5) is 0. The highest BCUT2D eigenvalue weighted by molar-refractivity contribution is 5.35. The molecule has 2 rings (SSSR count). The van der Waals surface area contributed by atoms with Gasteiger partial charge in [-0.2, -0.15) is 0 Å². The molecule has 0 saturated carbocycles. The fraction of sp³-hybridized carbons (Fsp3) is 0.368. The Hall–Kier alpha value is -1.80. The van der Waals surface area contributed by atoms with Crippen LogP contribution in [0.5, 0.6) is 5.75 Å². The van der Waals surface area contributed by atoms with Gasteiger partial charge in [0.2, 0.25) is 0 Å². The summed E-state index contributed by atoms with van der Waals surface area (Å²) in [6, 6.07) is 18.5. The molecule has 0 unspecified atom stereocenters. The minimum Gasteiger partial charge on any atom is -0.508 e. The Morgan fingerprint density at radius 2 is 1.67 bits per heavy atom. The van der Waals surface area contributed by atoms with Gasteiger partial charge in [0, 0.05) is 17.6 Å². The highest BCUT2D eigenvalue weighted by atomic mass is 16.3. The monoisotopic (exact) mass is 283 g/mol. The first-order valence-corrected chi connectivity index (χ1v) is 7.81. The third kappa shape index (κ3) is 4.33. The third-order valence-corrected chi connectivity index (χ3v) is 3.91. The lowest BCUT2D eigenvalue weighted by Crippen LogP contribution is -2.24. The molecule has 0 aliphatic rings. The molecule has 2 aromatic carbocycles. The van der Waals surface area contributed by atoms with Crippen LogP contribution < -0.4 is 5.32 Å². The summed E-state index contributed by atoms with van der Waals surface area (Å²) in [5.74, 6) is 0.381. The molecular weight excluding hydrogens is 258 g/mol. The standard InChI is InChI=1S/C19H25NO/c1-3-4-13-18(17-12-8-9-14-19(17)21)20-15(2)16-10-6-5-7-11-16/h5-12,14-15,18,20-21H,3-4,13H2,1-2H3/t15-,18-/m1/s1. The van der Waals surface area contributed by atoms with Crippen molar-refractivity contribution in [1.82, 2.24) is 5.32 Å². The zero-order valence-corrected chi connectivity index (χ0v) is 12.9. The van der Waals surface area contributed by atoms with E-state index in [-0.39, 0.29) is 12.1 Å². The molecule has 0 amide bonds. The first-order valence-electron chi connectivity index (χ1n) is 7.81. The van der Waals surface area contributed by atoms with Gasteiger partial charge in [0.15, 0.2) is 0 Å². The molecule has 0 heterocycles. The van der Waals surface area contributed by atoms with E-state index in [0.29, 0.717) is 5.75 Å². The summed E-state index contributed by atoms with van der Waals surface area (Å²) in [5.41, 5.74) is 2.27. The van der Waals surface area contributed by atoms with Crippen molar-refractivity contribution >= 4 is 0 Å². The van der Waals surface area contributed by atoms with E-state index >= 15 is 0 Å². The molecular formula is C19H25NO. The predicted octanol–water partition coefficient (Wildman–Crippen LogP) is 4.97. The number of aromatic hydroxyl groups is 1. The van der Waals surface area contributed by atoms with Crippen molar-refractivity contribution in [2.45, 2.75) is 45.2 Å². The lowest BCUT2D eigenvalue weighted by Gasteiger charge is -2.25. The molecule has 0 aliphatic carbocycles. The lowest BCUT2D eigenvalue weighted by molar-refractivity contribution is 0.404. The topological polar surface area (TPSA) is 32.3 Å². The van der Waals surface area contributed by atoms with Crippen molar-refractivity contribution in [1.29, 1.82) is 0 Å². The van der Waals surface area contributed by atoms with Crippen LogP contribution in [0.25, 0.3) is 0 Å². The molecule has 21 heavy (non-hydrogen) atoms. The van der Waals surface area contributed by atoms with Crippen LogP contribution in [0.3, 0.4) is 0 Å². The minimum absolute atomic E-state index is 0.182. The largest absolute Gasteiger partial charge is 0.508 e. The van der Waals surface area contributed by atoms with E-state index in [1.807, 2.05) is 24.3 Å². The summed E-state index contributed by atoms with van der Waals surface area (Å²) >= 11 is 0. The Morgan fingerprint density at radius 1 is 1.00 bits per heavy atom. The quantitative estimate of drug-likeness (QED) is 0.751. The van der Waals surface area contributed by atoms with Crippen LogP contribution in [0.2, 0.25) is 0 Å². The first kappa shape index (κ1) is 15.6. The van der Waals surface area contributed by atoms with Crippen LogP contribution in [0.1, 0.15) is 56.3 Å². The van der Waals surface area contributed by atoms with Gasteiger partial charge in [-0.25, -0.2) is 0 Å². The number of hydrogen-bond donors (Lipinski definition) is 2. The number of phenolic OH excluding ortho intramolecular Hbond substituents is 1. The van der Waals surface area contributed by atoms with Gasteiger partial charge in [0.05, 0.1) is 0 Å². The van der Waals surface area contributed by atoms with Crippen molar-refractivity contribution < 1.29 is 5.11 Å². The van der Waals surface area contributed by atoms with Gasteiger partial charge in [-0.3, -0.25) is 0 Å². The van der Waals surface area contributed by atoms with E-state index in [2.05, 4.69) is 43.4 Å². The Kier molecular flexibility index (Phi) is 5.82. The van der Waals surface area contributed by atoms with Crippen molar-refractivity contribution in [3.63, 3.8) is 0 Å². The third-order valence-electron chi connectivity index (χ3n) is 3.91. The van der Waals surface area contributed by atoms with E-state index in [9.17, 15) is 5.11 Å². The van der Waals surface area contributed by atoms with E-state index in [4.69, 9.17) is 0 Å². The van der Waals surface area contributed by atoms with Crippen molar-refractivity contribution in [2.24, 2.45) is 0 Å². The molecule has 0 bridgehead atoms. The SMILES string of the molecule is CCCC[C@@H](N[C@H](C)c1ccccc1)c1ccccc1O. The van der Waals surface area contributed by atoms with Gasteiger partial charge in [-0.05, 0) is 25.0 Å². The molecule has 2 N–H and O–H groups in total. The van der Waals surface area contributed by atoms with Crippen molar-refractivity contribution in [3.05, 3.63) is 65.7 Å². The highest BCUT2D eigenvalue weighted by Gasteiger charge is 2.17. The van der Waals surface area contributed by atoms with Gasteiger partial charge in [0.1, 0.15) is 5.75 Å². The molecule has 0 aromatic heterocycles. The molecule has 2 atom stereocenters. The van der Waals surface area contributed by atoms with Crippen molar-refractivity contribution in [3.8, 4) is 5.75 Å². The van der Waals surface area contributed by atoms with Crippen LogP contribution in [-0.4, -0.2) is 5.11 Å². The number of para-hydroxylation sites is 1. The Bertz CT molecular complexity index is 538. The summed E-state index contributed by atoms with van der Waals surface area (Å²) < 4.78 is 0. The van der Waals surface area contributed by atoms with Crippen molar-refractivity contribution in [2.75, 3.05) is 0 Å². The maximum absolute atomic E-state index is 10.1. The molecule has 112 valence electrons. The normalized spacial score (nSPS) is 13.8. The fourth-order valence-corrected chi connectivity index (χ4v) is 2.66. The average molecular weight is 283 g/mol. The number of hydrogen-bond acceptors (Lipinski definition) is 2. The lowest BCUT2D eigenvalue weighted by atomic mass is 9.98. The summed E-state index contributed by atoms with van der Waals surface area (Å²) in [6.45, 7) is 4.37. The van der Waals surface area contributed by atoms with Crippen LogP contribution in [0, 0.1) is 0 Å². The molecule has 2 aromatic rings. The molecule has 0 aliphatic heterocycles. The van der Waals surface area contributed by atoms with Crippen LogP contribution in [0.4, 0.5) is 0 Å². The van der Waals surface area contributed by atoms with E-state index in [0.717, 1.165) is 24.8 Å². The second-order valence-electron chi connectivity index (χ2n) is 5.55. The van der Waals surface area contributed by atoms with Gasteiger partial charge >= 0.3 is 0 Å². The van der Waals surface area contributed by atoms with E-state index < -0.39 is 0 Å². The maximum Gasteiger partial charge on any atom is 0.120 e. The maximum atomic E-state index is 10.1. The molecule has 0 spiro atoms. The Morgan fingerprint density at radius 3 is 2.33 bits per heavy atom. The van der Waals surface area contributed by atoms with Gasteiger partial charge < -0.3 is 10.4 Å². The van der Waals surface area contributed by atoms with Gasteiger partial charge in [-0.15, -0.1) is 0 Å². The average Bonchev–Trinajstić information content (AvgIpc) is 2.53. The van der Waals surface area contributed by atoms with E-state index in [1.54, 1.807) is 6.07 Å². The van der Waals surface area contributed by atoms with Crippen LogP contribution in [-0.2, 0) is 0 Å². The van der Waals surface area contributed by atoms with E-state index in [1.165, 1.54) is 5.56 Å². The van der Waals surface area contributed by atoms with Crippen LogP contribution >= 0.6 is 0 Å². The second kappa shape index (κ2) is 7.84. The Balaban J connectivity index is 2.15. The number of benzene rings is 2. The smallest absolute Gasteiger partial charge is 0.120 e. The zero-order chi connectivity index (χ0) is 15.1. The number of rotatable bonds is 7. The highest BCUT2D eigenvalue weighted by Crippen LogP contribution is 2.29. The predicted molar refractivity (Wildman–Crippen MR) is 88.4 cm³/mol. The molecule has 0 saturated heterocycles. The van der Waals surface area contributed by atoms with Crippen LogP contribution in [0.15, 0.2) is 54.6 Å². The fourth-order valence-electron chi connectivity index (χ4n) is 2.66. The summed E-state index contributed by atoms with van der Waals surface area (Å²) in [7, 11) is 0. The first-order chi connectivity index (χ1) is 10.2.